The summed E-state index contributed by atoms with van der Waals surface area (Å²) >= 11 is 0. The Balaban J connectivity index is 2.74. The van der Waals surface area contributed by atoms with Gasteiger partial charge in [0.05, 0.1) is 14.2 Å². The van der Waals surface area contributed by atoms with Crippen LogP contribution in [0.5, 0.6) is 11.5 Å². The predicted molar refractivity (Wildman–Crippen MR) is 83.8 cm³/mol. The van der Waals surface area contributed by atoms with Crippen LogP contribution in [0.4, 0.5) is 0 Å². The molecule has 0 atom stereocenters. The van der Waals surface area contributed by atoms with E-state index in [2.05, 4.69) is 11.7 Å². The second kappa shape index (κ2) is 9.60. The minimum Gasteiger partial charge on any atom is -0.493 e. The van der Waals surface area contributed by atoms with E-state index in [-0.39, 0.29) is 5.97 Å². The number of unbranched alkanes of at least 4 members (excludes halogenated alkanes) is 2. The van der Waals surface area contributed by atoms with Crippen molar-refractivity contribution in [2.24, 2.45) is 0 Å². The summed E-state index contributed by atoms with van der Waals surface area (Å²) in [5.74, 6) is 0.102. The van der Waals surface area contributed by atoms with Gasteiger partial charge in [0.15, 0.2) is 11.5 Å². The number of rotatable bonds is 8. The SMILES string of the molecule is CCCCCC(=O)Oc1ccc(/C=C\C(=O)OC)cc1OC. The van der Waals surface area contributed by atoms with Gasteiger partial charge in [0.25, 0.3) is 0 Å². The molecule has 0 saturated heterocycles. The monoisotopic (exact) mass is 306 g/mol. The zero-order chi connectivity index (χ0) is 16.4. The minimum absolute atomic E-state index is 0.274. The summed E-state index contributed by atoms with van der Waals surface area (Å²) in [5, 5.41) is 0. The lowest BCUT2D eigenvalue weighted by Crippen LogP contribution is -2.08. The summed E-state index contributed by atoms with van der Waals surface area (Å²) in [6.07, 6.45) is 6.17. The molecule has 0 saturated carbocycles. The maximum atomic E-state index is 11.7. The van der Waals surface area contributed by atoms with Gasteiger partial charge in [0.2, 0.25) is 0 Å². The molecule has 5 heteroatoms. The van der Waals surface area contributed by atoms with Gasteiger partial charge < -0.3 is 14.2 Å². The second-order valence-electron chi connectivity index (χ2n) is 4.70. The quantitative estimate of drug-likeness (QED) is 0.319. The standard InChI is InChI=1S/C17H22O5/c1-4-5-6-7-17(19)22-14-10-8-13(12-15(14)20-2)9-11-16(18)21-3/h8-12H,4-7H2,1-3H3/b11-9-. The topological polar surface area (TPSA) is 61.8 Å². The molecule has 0 unspecified atom stereocenters. The summed E-state index contributed by atoms with van der Waals surface area (Å²) in [6, 6.07) is 5.07. The van der Waals surface area contributed by atoms with Crippen LogP contribution < -0.4 is 9.47 Å². The zero-order valence-corrected chi connectivity index (χ0v) is 13.3. The van der Waals surface area contributed by atoms with Gasteiger partial charge in [-0.1, -0.05) is 25.8 Å². The van der Waals surface area contributed by atoms with Crippen molar-refractivity contribution in [3.8, 4) is 11.5 Å². The smallest absolute Gasteiger partial charge is 0.330 e. The fraction of sp³-hybridized carbons (Fsp3) is 0.412. The lowest BCUT2D eigenvalue weighted by atomic mass is 10.2. The van der Waals surface area contributed by atoms with E-state index in [9.17, 15) is 9.59 Å². The van der Waals surface area contributed by atoms with Crippen LogP contribution in [-0.2, 0) is 14.3 Å². The van der Waals surface area contributed by atoms with Crippen molar-refractivity contribution < 1.29 is 23.8 Å². The van der Waals surface area contributed by atoms with Crippen molar-refractivity contribution in [3.63, 3.8) is 0 Å². The Kier molecular flexibility index (Phi) is 7.75. The van der Waals surface area contributed by atoms with E-state index in [1.807, 2.05) is 0 Å². The van der Waals surface area contributed by atoms with Crippen molar-refractivity contribution in [1.29, 1.82) is 0 Å². The summed E-state index contributed by atoms with van der Waals surface area (Å²) in [5.41, 5.74) is 0.744. The Morgan fingerprint density at radius 3 is 2.55 bits per heavy atom. The highest BCUT2D eigenvalue weighted by Crippen LogP contribution is 2.29. The molecule has 0 amide bonds. The molecule has 0 aliphatic carbocycles. The van der Waals surface area contributed by atoms with Crippen molar-refractivity contribution in [3.05, 3.63) is 29.8 Å². The van der Waals surface area contributed by atoms with Crippen LogP contribution in [-0.4, -0.2) is 26.2 Å². The first kappa shape index (κ1) is 17.8. The van der Waals surface area contributed by atoms with Gasteiger partial charge in [0, 0.05) is 12.5 Å². The number of carbonyl (C=O) groups excluding carboxylic acids is 2. The van der Waals surface area contributed by atoms with Crippen LogP contribution in [0.15, 0.2) is 24.3 Å². The molecule has 0 aromatic heterocycles. The van der Waals surface area contributed by atoms with Crippen LogP contribution in [0.1, 0.15) is 38.2 Å². The summed E-state index contributed by atoms with van der Waals surface area (Å²) < 4.78 is 15.0. The van der Waals surface area contributed by atoms with Crippen molar-refractivity contribution in [1.82, 2.24) is 0 Å². The van der Waals surface area contributed by atoms with Crippen molar-refractivity contribution in [2.75, 3.05) is 14.2 Å². The lowest BCUT2D eigenvalue weighted by Gasteiger charge is -2.10. The number of benzene rings is 1. The largest absolute Gasteiger partial charge is 0.493 e. The molecular formula is C17H22O5. The molecule has 0 fully saturated rings. The highest BCUT2D eigenvalue weighted by molar-refractivity contribution is 5.87. The van der Waals surface area contributed by atoms with E-state index < -0.39 is 5.97 Å². The number of hydrogen-bond donors (Lipinski definition) is 0. The number of carbonyl (C=O) groups is 2. The number of hydrogen-bond acceptors (Lipinski definition) is 5. The molecule has 0 radical (unpaired) electrons. The minimum atomic E-state index is -0.439. The third-order valence-electron chi connectivity index (χ3n) is 3.01. The maximum Gasteiger partial charge on any atom is 0.330 e. The van der Waals surface area contributed by atoms with E-state index in [1.54, 1.807) is 24.3 Å². The average molecular weight is 306 g/mol. The van der Waals surface area contributed by atoms with Gasteiger partial charge in [-0.05, 0) is 30.2 Å². The number of methoxy groups -OCH3 is 2. The molecule has 0 heterocycles. The third-order valence-corrected chi connectivity index (χ3v) is 3.01. The third kappa shape index (κ3) is 5.99. The van der Waals surface area contributed by atoms with E-state index >= 15 is 0 Å². The molecule has 1 aromatic carbocycles. The molecule has 1 aromatic rings. The molecule has 5 nitrogen and oxygen atoms in total. The second-order valence-corrected chi connectivity index (χ2v) is 4.70. The van der Waals surface area contributed by atoms with E-state index in [0.717, 1.165) is 24.8 Å². The van der Waals surface area contributed by atoms with Gasteiger partial charge in [-0.25, -0.2) is 4.79 Å². The average Bonchev–Trinajstić information content (AvgIpc) is 2.53. The number of esters is 2. The molecule has 1 rings (SSSR count). The summed E-state index contributed by atoms with van der Waals surface area (Å²) in [6.45, 7) is 2.08. The van der Waals surface area contributed by atoms with Crippen LogP contribution in [0.2, 0.25) is 0 Å². The Morgan fingerprint density at radius 1 is 1.14 bits per heavy atom. The highest BCUT2D eigenvalue weighted by atomic mass is 16.6. The highest BCUT2D eigenvalue weighted by Gasteiger charge is 2.10. The lowest BCUT2D eigenvalue weighted by molar-refractivity contribution is -0.135. The Hall–Kier alpha value is -2.30. The Morgan fingerprint density at radius 2 is 1.91 bits per heavy atom. The van der Waals surface area contributed by atoms with E-state index in [1.165, 1.54) is 20.3 Å². The molecule has 0 spiro atoms. The fourth-order valence-corrected chi connectivity index (χ4v) is 1.80. The van der Waals surface area contributed by atoms with Crippen molar-refractivity contribution >= 4 is 18.0 Å². The van der Waals surface area contributed by atoms with Crippen LogP contribution in [0, 0.1) is 0 Å². The predicted octanol–water partition coefficient (Wildman–Crippen LogP) is 3.37. The summed E-state index contributed by atoms with van der Waals surface area (Å²) in [4.78, 5) is 22.8. The molecule has 0 aliphatic heterocycles. The van der Waals surface area contributed by atoms with Gasteiger partial charge in [-0.3, -0.25) is 4.79 Å². The fourth-order valence-electron chi connectivity index (χ4n) is 1.80. The first-order chi connectivity index (χ1) is 10.6. The van der Waals surface area contributed by atoms with E-state index in [4.69, 9.17) is 9.47 Å². The van der Waals surface area contributed by atoms with Gasteiger partial charge in [0.1, 0.15) is 0 Å². The maximum absolute atomic E-state index is 11.7. The summed E-state index contributed by atoms with van der Waals surface area (Å²) in [7, 11) is 2.81. The zero-order valence-electron chi connectivity index (χ0n) is 13.3. The first-order valence-corrected chi connectivity index (χ1v) is 7.25. The molecule has 0 aliphatic rings. The first-order valence-electron chi connectivity index (χ1n) is 7.25. The normalized spacial score (nSPS) is 10.5. The van der Waals surface area contributed by atoms with E-state index in [0.29, 0.717) is 17.9 Å². The number of ether oxygens (including phenoxy) is 3. The molecule has 0 bridgehead atoms. The van der Waals surface area contributed by atoms with Gasteiger partial charge >= 0.3 is 11.9 Å². The molecule has 120 valence electrons. The Bertz CT molecular complexity index is 534. The van der Waals surface area contributed by atoms with Crippen molar-refractivity contribution in [2.45, 2.75) is 32.6 Å². The Labute approximate surface area is 130 Å². The molecule has 22 heavy (non-hydrogen) atoms. The van der Waals surface area contributed by atoms with Crippen LogP contribution in [0.25, 0.3) is 6.08 Å². The van der Waals surface area contributed by atoms with Crippen LogP contribution in [0.3, 0.4) is 0 Å². The van der Waals surface area contributed by atoms with Gasteiger partial charge in [-0.2, -0.15) is 0 Å². The van der Waals surface area contributed by atoms with Crippen LogP contribution >= 0.6 is 0 Å². The molecule has 0 N–H and O–H groups in total. The van der Waals surface area contributed by atoms with Gasteiger partial charge in [-0.15, -0.1) is 0 Å². The molecular weight excluding hydrogens is 284 g/mol.